The smallest absolute Gasteiger partial charge is 0.222 e. The summed E-state index contributed by atoms with van der Waals surface area (Å²) in [4.78, 5) is 12.5. The van der Waals surface area contributed by atoms with Crippen molar-refractivity contribution >= 4 is 17.5 Å². The minimum absolute atomic E-state index is 0.312. The molecule has 2 aromatic rings. The van der Waals surface area contributed by atoms with Crippen molar-refractivity contribution in [2.24, 2.45) is 0 Å². The highest BCUT2D eigenvalue weighted by Gasteiger charge is 2.16. The lowest BCUT2D eigenvalue weighted by Gasteiger charge is -2.19. The first-order valence-electron chi connectivity index (χ1n) is 5.86. The van der Waals surface area contributed by atoms with Crippen LogP contribution in [-0.2, 0) is 13.0 Å². The summed E-state index contributed by atoms with van der Waals surface area (Å²) in [5, 5.41) is 6.58. The Morgan fingerprint density at radius 1 is 1.22 bits per heavy atom. The number of nitrogen functional groups attached to an aromatic ring is 1. The summed E-state index contributed by atoms with van der Waals surface area (Å²) >= 11 is 0. The number of fused-ring (bicyclic) bond motifs is 1. The van der Waals surface area contributed by atoms with Crippen molar-refractivity contribution in [2.45, 2.75) is 13.0 Å². The molecule has 4 N–H and O–H groups in total. The van der Waals surface area contributed by atoms with Gasteiger partial charge < -0.3 is 16.4 Å². The zero-order valence-electron chi connectivity index (χ0n) is 9.85. The van der Waals surface area contributed by atoms with Crippen molar-refractivity contribution in [3.05, 3.63) is 35.8 Å². The quantitative estimate of drug-likeness (QED) is 0.723. The van der Waals surface area contributed by atoms with E-state index in [9.17, 15) is 0 Å². The molecule has 18 heavy (non-hydrogen) atoms. The number of pyridine rings is 1. The normalized spacial score (nSPS) is 14.0. The fourth-order valence-electron chi connectivity index (χ4n) is 2.04. The first kappa shape index (κ1) is 10.9. The van der Waals surface area contributed by atoms with Crippen LogP contribution in [0.2, 0.25) is 0 Å². The lowest BCUT2D eigenvalue weighted by molar-refractivity contribution is 0.629. The highest BCUT2D eigenvalue weighted by Crippen LogP contribution is 2.23. The number of rotatable bonds is 2. The van der Waals surface area contributed by atoms with Crippen LogP contribution in [0.4, 0.5) is 17.5 Å². The molecule has 0 aromatic carbocycles. The van der Waals surface area contributed by atoms with Gasteiger partial charge >= 0.3 is 0 Å². The van der Waals surface area contributed by atoms with Gasteiger partial charge in [0.25, 0.3) is 0 Å². The lowest BCUT2D eigenvalue weighted by Crippen LogP contribution is -2.26. The average Bonchev–Trinajstić information content (AvgIpc) is 2.40. The minimum atomic E-state index is 0.312. The van der Waals surface area contributed by atoms with Gasteiger partial charge in [0.1, 0.15) is 5.82 Å². The number of aromatic nitrogens is 3. The third-order valence-electron chi connectivity index (χ3n) is 2.89. The Labute approximate surface area is 105 Å². The molecule has 0 bridgehead atoms. The Morgan fingerprint density at radius 2 is 2.06 bits per heavy atom. The summed E-state index contributed by atoms with van der Waals surface area (Å²) in [5.74, 6) is 1.09. The molecule has 0 atom stereocenters. The van der Waals surface area contributed by atoms with E-state index in [1.54, 1.807) is 12.4 Å². The van der Waals surface area contributed by atoms with Gasteiger partial charge in [-0.1, -0.05) is 0 Å². The third kappa shape index (κ3) is 2.10. The monoisotopic (exact) mass is 242 g/mol. The van der Waals surface area contributed by atoms with Crippen LogP contribution < -0.4 is 16.4 Å². The van der Waals surface area contributed by atoms with Gasteiger partial charge in [-0.15, -0.1) is 0 Å². The molecule has 0 saturated carbocycles. The Bertz CT molecular complexity index is 554. The van der Waals surface area contributed by atoms with Crippen molar-refractivity contribution in [3.63, 3.8) is 0 Å². The van der Waals surface area contributed by atoms with Gasteiger partial charge in [-0.05, 0) is 12.1 Å². The van der Waals surface area contributed by atoms with Gasteiger partial charge in [0.15, 0.2) is 0 Å². The fourth-order valence-corrected chi connectivity index (χ4v) is 2.04. The maximum absolute atomic E-state index is 5.74. The predicted molar refractivity (Wildman–Crippen MR) is 69.4 cm³/mol. The van der Waals surface area contributed by atoms with Crippen molar-refractivity contribution in [2.75, 3.05) is 17.6 Å². The van der Waals surface area contributed by atoms with E-state index in [0.29, 0.717) is 5.95 Å². The Morgan fingerprint density at radius 3 is 2.89 bits per heavy atom. The highest BCUT2D eigenvalue weighted by atomic mass is 15.1. The second kappa shape index (κ2) is 4.58. The Balaban J connectivity index is 1.98. The van der Waals surface area contributed by atoms with Crippen molar-refractivity contribution in [1.29, 1.82) is 0 Å². The van der Waals surface area contributed by atoms with E-state index in [1.165, 1.54) is 0 Å². The molecule has 1 aliphatic rings. The second-order valence-electron chi connectivity index (χ2n) is 4.14. The van der Waals surface area contributed by atoms with Gasteiger partial charge in [-0.2, -0.15) is 4.98 Å². The number of anilines is 3. The summed E-state index contributed by atoms with van der Waals surface area (Å²) < 4.78 is 0. The maximum atomic E-state index is 5.74. The third-order valence-corrected chi connectivity index (χ3v) is 2.89. The van der Waals surface area contributed by atoms with E-state index in [1.807, 2.05) is 12.1 Å². The summed E-state index contributed by atoms with van der Waals surface area (Å²) in [6.45, 7) is 1.70. The molecule has 92 valence electrons. The molecule has 6 heteroatoms. The number of nitrogens with two attached hydrogens (primary N) is 1. The van der Waals surface area contributed by atoms with Crippen LogP contribution in [0.5, 0.6) is 0 Å². The molecule has 1 aliphatic heterocycles. The lowest BCUT2D eigenvalue weighted by atomic mass is 10.1. The highest BCUT2D eigenvalue weighted by molar-refractivity contribution is 5.61. The molecule has 0 amide bonds. The molecule has 3 heterocycles. The van der Waals surface area contributed by atoms with Crippen LogP contribution in [0.3, 0.4) is 0 Å². The van der Waals surface area contributed by atoms with Gasteiger partial charge in [-0.25, -0.2) is 4.98 Å². The van der Waals surface area contributed by atoms with Crippen LogP contribution in [0, 0.1) is 0 Å². The molecule has 0 spiro atoms. The second-order valence-corrected chi connectivity index (χ2v) is 4.14. The number of hydrogen-bond acceptors (Lipinski definition) is 6. The summed E-state index contributed by atoms with van der Waals surface area (Å²) in [5.41, 5.74) is 8.80. The molecular weight excluding hydrogens is 228 g/mol. The maximum Gasteiger partial charge on any atom is 0.222 e. The minimum Gasteiger partial charge on any atom is -0.368 e. The van der Waals surface area contributed by atoms with Crippen molar-refractivity contribution in [3.8, 4) is 0 Å². The van der Waals surface area contributed by atoms with Gasteiger partial charge in [0, 0.05) is 43.2 Å². The largest absolute Gasteiger partial charge is 0.368 e. The van der Waals surface area contributed by atoms with Crippen molar-refractivity contribution < 1.29 is 0 Å². The first-order valence-corrected chi connectivity index (χ1v) is 5.86. The molecule has 3 rings (SSSR count). The summed E-state index contributed by atoms with van der Waals surface area (Å²) in [6.07, 6.45) is 4.35. The Hall–Kier alpha value is -2.21. The van der Waals surface area contributed by atoms with Gasteiger partial charge in [0.2, 0.25) is 5.95 Å². The summed E-state index contributed by atoms with van der Waals surface area (Å²) in [6, 6.07) is 3.78. The molecule has 0 fully saturated rings. The average molecular weight is 242 g/mol. The Kier molecular flexibility index (Phi) is 2.77. The molecule has 0 aliphatic carbocycles. The van der Waals surface area contributed by atoms with Crippen molar-refractivity contribution in [1.82, 2.24) is 20.3 Å². The van der Waals surface area contributed by atoms with Crippen LogP contribution in [0.1, 0.15) is 11.3 Å². The van der Waals surface area contributed by atoms with E-state index in [-0.39, 0.29) is 0 Å². The van der Waals surface area contributed by atoms with E-state index in [4.69, 9.17) is 5.73 Å². The van der Waals surface area contributed by atoms with Crippen LogP contribution >= 0.6 is 0 Å². The molecule has 0 radical (unpaired) electrons. The summed E-state index contributed by atoms with van der Waals surface area (Å²) in [7, 11) is 0. The molecular formula is C12H14N6. The first-order chi connectivity index (χ1) is 8.83. The SMILES string of the molecule is Nc1nc2c(c(Nc3ccncc3)n1)CNCC2. The number of nitrogens with zero attached hydrogens (tertiary/aromatic N) is 3. The fraction of sp³-hybridized carbons (Fsp3) is 0.250. The van der Waals surface area contributed by atoms with Crippen LogP contribution in [0.25, 0.3) is 0 Å². The topological polar surface area (TPSA) is 88.8 Å². The number of nitrogens with one attached hydrogen (secondary N) is 2. The van der Waals surface area contributed by atoms with Crippen LogP contribution in [-0.4, -0.2) is 21.5 Å². The zero-order valence-corrected chi connectivity index (χ0v) is 9.85. The van der Waals surface area contributed by atoms with E-state index in [0.717, 1.165) is 42.3 Å². The van der Waals surface area contributed by atoms with E-state index < -0.39 is 0 Å². The van der Waals surface area contributed by atoms with Gasteiger partial charge in [0.05, 0.1) is 5.69 Å². The predicted octanol–water partition coefficient (Wildman–Crippen LogP) is 0.843. The molecule has 0 saturated heterocycles. The zero-order chi connectivity index (χ0) is 12.4. The van der Waals surface area contributed by atoms with Gasteiger partial charge in [-0.3, -0.25) is 4.98 Å². The van der Waals surface area contributed by atoms with E-state index in [2.05, 4.69) is 25.6 Å². The standard InChI is InChI=1S/C12H14N6/c13-12-17-10-3-6-15-7-9(10)11(18-12)16-8-1-4-14-5-2-8/h1-2,4-5,15H,3,6-7H2,(H3,13,14,16,17,18). The van der Waals surface area contributed by atoms with E-state index >= 15 is 0 Å². The molecule has 6 nitrogen and oxygen atoms in total. The van der Waals surface area contributed by atoms with Crippen LogP contribution in [0.15, 0.2) is 24.5 Å². The molecule has 2 aromatic heterocycles. The number of hydrogen-bond donors (Lipinski definition) is 3. The molecule has 0 unspecified atom stereocenters.